The SMILES string of the molecule is N#Cc1c2c(nn1C1CCCCC1)CSC2. The van der Waals surface area contributed by atoms with E-state index in [1.165, 1.54) is 37.7 Å². The number of thioether (sulfide) groups is 1. The first kappa shape index (κ1) is 10.2. The second kappa shape index (κ2) is 4.14. The number of nitrogens with zero attached hydrogens (tertiary/aromatic N) is 3. The van der Waals surface area contributed by atoms with Gasteiger partial charge >= 0.3 is 0 Å². The number of hydrogen-bond acceptors (Lipinski definition) is 3. The van der Waals surface area contributed by atoms with Crippen LogP contribution in [0.25, 0.3) is 0 Å². The highest BCUT2D eigenvalue weighted by atomic mass is 32.2. The molecule has 1 aromatic heterocycles. The van der Waals surface area contributed by atoms with E-state index in [1.807, 2.05) is 16.4 Å². The van der Waals surface area contributed by atoms with Crippen LogP contribution in [0.1, 0.15) is 55.1 Å². The normalized spacial score (nSPS) is 20.7. The molecule has 1 aliphatic heterocycles. The predicted molar refractivity (Wildman–Crippen MR) is 64.1 cm³/mol. The van der Waals surface area contributed by atoms with Gasteiger partial charge in [-0.25, -0.2) is 0 Å². The van der Waals surface area contributed by atoms with Crippen molar-refractivity contribution < 1.29 is 0 Å². The summed E-state index contributed by atoms with van der Waals surface area (Å²) in [7, 11) is 0. The van der Waals surface area contributed by atoms with E-state index >= 15 is 0 Å². The van der Waals surface area contributed by atoms with E-state index < -0.39 is 0 Å². The zero-order chi connectivity index (χ0) is 11.0. The predicted octanol–water partition coefficient (Wildman–Crippen LogP) is 3.01. The first-order valence-corrected chi connectivity index (χ1v) is 7.13. The monoisotopic (exact) mass is 233 g/mol. The van der Waals surface area contributed by atoms with Crippen molar-refractivity contribution in [3.63, 3.8) is 0 Å². The molecule has 1 fully saturated rings. The summed E-state index contributed by atoms with van der Waals surface area (Å²) in [5, 5.41) is 13.9. The van der Waals surface area contributed by atoms with Crippen LogP contribution in [-0.2, 0) is 11.5 Å². The molecule has 2 heterocycles. The Morgan fingerprint density at radius 3 is 2.81 bits per heavy atom. The van der Waals surface area contributed by atoms with Gasteiger partial charge in [-0.05, 0) is 12.8 Å². The van der Waals surface area contributed by atoms with Crippen LogP contribution in [0.4, 0.5) is 0 Å². The summed E-state index contributed by atoms with van der Waals surface area (Å²) in [5.41, 5.74) is 3.21. The molecule has 84 valence electrons. The van der Waals surface area contributed by atoms with Gasteiger partial charge in [-0.15, -0.1) is 0 Å². The number of aromatic nitrogens is 2. The lowest BCUT2D eigenvalue weighted by Crippen LogP contribution is -2.16. The molecular weight excluding hydrogens is 218 g/mol. The number of nitriles is 1. The second-order valence-corrected chi connectivity index (χ2v) is 5.60. The molecule has 1 aliphatic carbocycles. The van der Waals surface area contributed by atoms with E-state index in [9.17, 15) is 5.26 Å². The topological polar surface area (TPSA) is 41.6 Å². The maximum absolute atomic E-state index is 9.28. The fourth-order valence-electron chi connectivity index (χ4n) is 2.74. The van der Waals surface area contributed by atoms with Gasteiger partial charge in [0.25, 0.3) is 0 Å². The minimum absolute atomic E-state index is 0.485. The van der Waals surface area contributed by atoms with Crippen LogP contribution in [0.15, 0.2) is 0 Å². The van der Waals surface area contributed by atoms with Crippen molar-refractivity contribution in [3.8, 4) is 6.07 Å². The Balaban J connectivity index is 1.97. The third-order valence-corrected chi connectivity index (χ3v) is 4.57. The Labute approximate surface area is 99.8 Å². The molecule has 16 heavy (non-hydrogen) atoms. The van der Waals surface area contributed by atoms with Gasteiger partial charge in [-0.1, -0.05) is 19.3 Å². The fourth-order valence-corrected chi connectivity index (χ4v) is 3.78. The van der Waals surface area contributed by atoms with Gasteiger partial charge in [-0.3, -0.25) is 4.68 Å². The molecule has 1 aromatic rings. The Morgan fingerprint density at radius 2 is 2.06 bits per heavy atom. The Morgan fingerprint density at radius 1 is 1.25 bits per heavy atom. The zero-order valence-corrected chi connectivity index (χ0v) is 10.1. The summed E-state index contributed by atoms with van der Waals surface area (Å²) in [5.74, 6) is 1.97. The maximum Gasteiger partial charge on any atom is 0.143 e. The molecule has 0 amide bonds. The van der Waals surface area contributed by atoms with E-state index in [4.69, 9.17) is 0 Å². The summed E-state index contributed by atoms with van der Waals surface area (Å²) in [6, 6.07) is 2.85. The standard InChI is InChI=1S/C12H15N3S/c13-6-12-10-7-16-8-11(10)14-15(12)9-4-2-1-3-5-9/h9H,1-5,7-8H2. The van der Waals surface area contributed by atoms with Gasteiger partial charge < -0.3 is 0 Å². The van der Waals surface area contributed by atoms with Gasteiger partial charge in [-0.2, -0.15) is 22.1 Å². The highest BCUT2D eigenvalue weighted by Gasteiger charge is 2.26. The molecule has 1 saturated carbocycles. The van der Waals surface area contributed by atoms with Crippen LogP contribution in [0.5, 0.6) is 0 Å². The molecule has 0 bridgehead atoms. The van der Waals surface area contributed by atoms with E-state index in [-0.39, 0.29) is 0 Å². The molecule has 0 saturated heterocycles. The summed E-state index contributed by atoms with van der Waals surface area (Å²) in [6.45, 7) is 0. The number of rotatable bonds is 1. The highest BCUT2D eigenvalue weighted by molar-refractivity contribution is 7.98. The lowest BCUT2D eigenvalue weighted by Gasteiger charge is -2.22. The lowest BCUT2D eigenvalue weighted by molar-refractivity contribution is 0.326. The van der Waals surface area contributed by atoms with E-state index in [0.29, 0.717) is 6.04 Å². The van der Waals surface area contributed by atoms with Crippen LogP contribution < -0.4 is 0 Å². The smallest absolute Gasteiger partial charge is 0.143 e. The molecule has 0 N–H and O–H groups in total. The quantitative estimate of drug-likeness (QED) is 0.748. The zero-order valence-electron chi connectivity index (χ0n) is 9.28. The van der Waals surface area contributed by atoms with E-state index in [0.717, 1.165) is 22.9 Å². The molecule has 0 aromatic carbocycles. The molecule has 2 aliphatic rings. The number of fused-ring (bicyclic) bond motifs is 1. The fraction of sp³-hybridized carbons (Fsp3) is 0.667. The van der Waals surface area contributed by atoms with Crippen molar-refractivity contribution in [2.45, 2.75) is 49.7 Å². The largest absolute Gasteiger partial charge is 0.251 e. The van der Waals surface area contributed by atoms with Gasteiger partial charge in [0.1, 0.15) is 11.8 Å². The average Bonchev–Trinajstić information content (AvgIpc) is 2.89. The number of hydrogen-bond donors (Lipinski definition) is 0. The Kier molecular flexibility index (Phi) is 2.64. The third kappa shape index (κ3) is 1.54. The maximum atomic E-state index is 9.28. The highest BCUT2D eigenvalue weighted by Crippen LogP contribution is 2.35. The van der Waals surface area contributed by atoms with Crippen LogP contribution in [0.2, 0.25) is 0 Å². The minimum Gasteiger partial charge on any atom is -0.251 e. The van der Waals surface area contributed by atoms with Gasteiger partial charge in [0.2, 0.25) is 0 Å². The van der Waals surface area contributed by atoms with E-state index in [2.05, 4.69) is 11.2 Å². The Bertz CT molecular complexity index is 438. The van der Waals surface area contributed by atoms with Crippen molar-refractivity contribution >= 4 is 11.8 Å². The average molecular weight is 233 g/mol. The van der Waals surface area contributed by atoms with Gasteiger partial charge in [0.15, 0.2) is 0 Å². The molecule has 4 heteroatoms. The summed E-state index contributed by atoms with van der Waals surface area (Å²) in [4.78, 5) is 0. The van der Waals surface area contributed by atoms with Gasteiger partial charge in [0.05, 0.1) is 11.7 Å². The summed E-state index contributed by atoms with van der Waals surface area (Å²) < 4.78 is 2.03. The van der Waals surface area contributed by atoms with E-state index in [1.54, 1.807) is 0 Å². The van der Waals surface area contributed by atoms with Crippen LogP contribution in [0.3, 0.4) is 0 Å². The van der Waals surface area contributed by atoms with Crippen molar-refractivity contribution in [1.82, 2.24) is 9.78 Å². The molecular formula is C12H15N3S. The first-order valence-electron chi connectivity index (χ1n) is 5.98. The second-order valence-electron chi connectivity index (χ2n) is 4.61. The molecule has 0 radical (unpaired) electrons. The Hall–Kier alpha value is -0.950. The van der Waals surface area contributed by atoms with Crippen molar-refractivity contribution in [2.24, 2.45) is 0 Å². The molecule has 0 unspecified atom stereocenters. The lowest BCUT2D eigenvalue weighted by atomic mass is 9.95. The minimum atomic E-state index is 0.485. The van der Waals surface area contributed by atoms with Crippen molar-refractivity contribution in [2.75, 3.05) is 0 Å². The van der Waals surface area contributed by atoms with Gasteiger partial charge in [0, 0.05) is 17.1 Å². The molecule has 0 atom stereocenters. The van der Waals surface area contributed by atoms with Crippen LogP contribution in [-0.4, -0.2) is 9.78 Å². The molecule has 0 spiro atoms. The van der Waals surface area contributed by atoms with Crippen LogP contribution >= 0.6 is 11.8 Å². The first-order chi connectivity index (χ1) is 7.90. The summed E-state index contributed by atoms with van der Waals surface area (Å²) >= 11 is 1.87. The van der Waals surface area contributed by atoms with Crippen molar-refractivity contribution in [3.05, 3.63) is 17.0 Å². The van der Waals surface area contributed by atoms with Crippen molar-refractivity contribution in [1.29, 1.82) is 5.26 Å². The molecule has 3 nitrogen and oxygen atoms in total. The molecule has 3 rings (SSSR count). The summed E-state index contributed by atoms with van der Waals surface area (Å²) in [6.07, 6.45) is 6.31. The van der Waals surface area contributed by atoms with Crippen LogP contribution in [0, 0.1) is 11.3 Å². The third-order valence-electron chi connectivity index (χ3n) is 3.60.